The second kappa shape index (κ2) is 5.11. The molecule has 0 bridgehead atoms. The first-order valence-electron chi connectivity index (χ1n) is 5.90. The molecule has 1 unspecified atom stereocenters. The predicted molar refractivity (Wildman–Crippen MR) is 69.1 cm³/mol. The third-order valence-corrected chi connectivity index (χ3v) is 3.14. The summed E-state index contributed by atoms with van der Waals surface area (Å²) in [6.45, 7) is 1.84. The predicted octanol–water partition coefficient (Wildman–Crippen LogP) is 3.04. The van der Waals surface area contributed by atoms with E-state index in [9.17, 15) is 9.90 Å². The molecule has 88 valence electrons. The number of hydrogen-bond donors (Lipinski definition) is 1. The lowest BCUT2D eigenvalue weighted by molar-refractivity contribution is 0.0858. The SMILES string of the molecule is CCC(CO)C(=O)c1cccc2ccccc12. The third kappa shape index (κ3) is 2.22. The van der Waals surface area contributed by atoms with Crippen LogP contribution >= 0.6 is 0 Å². The molecule has 17 heavy (non-hydrogen) atoms. The second-order valence-corrected chi connectivity index (χ2v) is 4.18. The fourth-order valence-corrected chi connectivity index (χ4v) is 2.06. The van der Waals surface area contributed by atoms with Crippen LogP contribution in [0.25, 0.3) is 10.8 Å². The fourth-order valence-electron chi connectivity index (χ4n) is 2.06. The minimum atomic E-state index is -0.291. The summed E-state index contributed by atoms with van der Waals surface area (Å²) in [6.07, 6.45) is 0.665. The molecule has 2 aromatic carbocycles. The maximum Gasteiger partial charge on any atom is 0.168 e. The quantitative estimate of drug-likeness (QED) is 0.817. The largest absolute Gasteiger partial charge is 0.396 e. The number of ketones is 1. The van der Waals surface area contributed by atoms with Crippen molar-refractivity contribution in [2.45, 2.75) is 13.3 Å². The number of rotatable bonds is 4. The van der Waals surface area contributed by atoms with E-state index in [0.717, 1.165) is 10.8 Å². The molecule has 0 aliphatic carbocycles. The van der Waals surface area contributed by atoms with Crippen LogP contribution < -0.4 is 0 Å². The van der Waals surface area contributed by atoms with Crippen LogP contribution in [0.4, 0.5) is 0 Å². The molecule has 2 nitrogen and oxygen atoms in total. The summed E-state index contributed by atoms with van der Waals surface area (Å²) in [6, 6.07) is 13.5. The van der Waals surface area contributed by atoms with Crippen molar-refractivity contribution in [2.75, 3.05) is 6.61 Å². The molecule has 0 saturated carbocycles. The molecule has 0 aliphatic heterocycles. The van der Waals surface area contributed by atoms with E-state index in [2.05, 4.69) is 0 Å². The van der Waals surface area contributed by atoms with Crippen molar-refractivity contribution in [3.8, 4) is 0 Å². The Morgan fingerprint density at radius 1 is 1.18 bits per heavy atom. The molecule has 0 radical (unpaired) electrons. The van der Waals surface area contributed by atoms with E-state index < -0.39 is 0 Å². The lowest BCUT2D eigenvalue weighted by Gasteiger charge is -2.12. The fraction of sp³-hybridized carbons (Fsp3) is 0.267. The van der Waals surface area contributed by atoms with Gasteiger partial charge in [-0.15, -0.1) is 0 Å². The molecule has 2 heteroatoms. The lowest BCUT2D eigenvalue weighted by Crippen LogP contribution is -2.18. The monoisotopic (exact) mass is 228 g/mol. The molecule has 2 rings (SSSR count). The van der Waals surface area contributed by atoms with Crippen molar-refractivity contribution < 1.29 is 9.90 Å². The van der Waals surface area contributed by atoms with Crippen LogP contribution in [0, 0.1) is 5.92 Å². The van der Waals surface area contributed by atoms with Crippen LogP contribution in [0.1, 0.15) is 23.7 Å². The average molecular weight is 228 g/mol. The van der Waals surface area contributed by atoms with Crippen molar-refractivity contribution in [3.05, 3.63) is 48.0 Å². The van der Waals surface area contributed by atoms with Gasteiger partial charge in [-0.25, -0.2) is 0 Å². The average Bonchev–Trinajstić information content (AvgIpc) is 2.39. The number of aliphatic hydroxyl groups is 1. The van der Waals surface area contributed by atoms with E-state index in [1.807, 2.05) is 49.4 Å². The maximum atomic E-state index is 12.3. The van der Waals surface area contributed by atoms with E-state index in [-0.39, 0.29) is 18.3 Å². The zero-order valence-corrected chi connectivity index (χ0v) is 9.89. The summed E-state index contributed by atoms with van der Waals surface area (Å²) in [4.78, 5) is 12.3. The van der Waals surface area contributed by atoms with Gasteiger partial charge in [0.05, 0.1) is 6.61 Å². The van der Waals surface area contributed by atoms with Gasteiger partial charge in [0.2, 0.25) is 0 Å². The van der Waals surface area contributed by atoms with Gasteiger partial charge in [-0.1, -0.05) is 49.4 Å². The zero-order valence-electron chi connectivity index (χ0n) is 9.89. The van der Waals surface area contributed by atoms with Crippen molar-refractivity contribution in [2.24, 2.45) is 5.92 Å². The summed E-state index contributed by atoms with van der Waals surface area (Å²) in [5, 5.41) is 11.2. The van der Waals surface area contributed by atoms with Crippen molar-refractivity contribution in [3.63, 3.8) is 0 Å². The molecule has 0 amide bonds. The van der Waals surface area contributed by atoms with Gasteiger partial charge in [0.25, 0.3) is 0 Å². The number of aliphatic hydroxyl groups excluding tert-OH is 1. The first kappa shape index (κ1) is 11.8. The summed E-state index contributed by atoms with van der Waals surface area (Å²) in [7, 11) is 0. The molecule has 0 spiro atoms. The minimum Gasteiger partial charge on any atom is -0.396 e. The van der Waals surface area contributed by atoms with Crippen LogP contribution in [0.5, 0.6) is 0 Å². The molecule has 1 N–H and O–H groups in total. The van der Waals surface area contributed by atoms with Crippen LogP contribution in [-0.2, 0) is 0 Å². The van der Waals surface area contributed by atoms with Gasteiger partial charge in [0.15, 0.2) is 5.78 Å². The Balaban J connectivity index is 2.52. The van der Waals surface area contributed by atoms with Crippen LogP contribution in [-0.4, -0.2) is 17.5 Å². The number of Topliss-reactive ketones (excluding diaryl/α,β-unsaturated/α-hetero) is 1. The third-order valence-electron chi connectivity index (χ3n) is 3.14. The summed E-state index contributed by atoms with van der Waals surface area (Å²) >= 11 is 0. The van der Waals surface area contributed by atoms with E-state index in [4.69, 9.17) is 0 Å². The number of carbonyl (C=O) groups is 1. The first-order valence-corrected chi connectivity index (χ1v) is 5.90. The highest BCUT2D eigenvalue weighted by atomic mass is 16.3. The molecule has 1 atom stereocenters. The molecule has 0 aliphatic rings. The Kier molecular flexibility index (Phi) is 3.55. The lowest BCUT2D eigenvalue weighted by atomic mass is 9.92. The standard InChI is InChI=1S/C15H16O2/c1-2-11(10-16)15(17)14-9-5-7-12-6-3-4-8-13(12)14/h3-9,11,16H,2,10H2,1H3. The van der Waals surface area contributed by atoms with E-state index in [0.29, 0.717) is 12.0 Å². The van der Waals surface area contributed by atoms with Gasteiger partial charge in [0, 0.05) is 11.5 Å². The van der Waals surface area contributed by atoms with Gasteiger partial charge >= 0.3 is 0 Å². The topological polar surface area (TPSA) is 37.3 Å². The van der Waals surface area contributed by atoms with Crippen molar-refractivity contribution in [1.29, 1.82) is 0 Å². The van der Waals surface area contributed by atoms with Crippen molar-refractivity contribution in [1.82, 2.24) is 0 Å². The molecule has 0 aromatic heterocycles. The van der Waals surface area contributed by atoms with Gasteiger partial charge < -0.3 is 5.11 Å². The zero-order chi connectivity index (χ0) is 12.3. The summed E-state index contributed by atoms with van der Waals surface area (Å²) in [5.74, 6) is -0.257. The smallest absolute Gasteiger partial charge is 0.168 e. The highest BCUT2D eigenvalue weighted by Gasteiger charge is 2.18. The van der Waals surface area contributed by atoms with Gasteiger partial charge in [0.1, 0.15) is 0 Å². The molecule has 0 fully saturated rings. The summed E-state index contributed by atoms with van der Waals surface area (Å²) in [5.41, 5.74) is 0.712. The van der Waals surface area contributed by atoms with Crippen LogP contribution in [0.2, 0.25) is 0 Å². The number of hydrogen-bond acceptors (Lipinski definition) is 2. The highest BCUT2D eigenvalue weighted by Crippen LogP contribution is 2.22. The highest BCUT2D eigenvalue weighted by molar-refractivity contribution is 6.09. The van der Waals surface area contributed by atoms with E-state index >= 15 is 0 Å². The Bertz CT molecular complexity index is 522. The first-order chi connectivity index (χ1) is 8.27. The Morgan fingerprint density at radius 3 is 2.59 bits per heavy atom. The molecular formula is C15H16O2. The number of fused-ring (bicyclic) bond motifs is 1. The molecule has 0 heterocycles. The van der Waals surface area contributed by atoms with Gasteiger partial charge in [-0.3, -0.25) is 4.79 Å². The van der Waals surface area contributed by atoms with E-state index in [1.165, 1.54) is 0 Å². The number of carbonyl (C=O) groups excluding carboxylic acids is 1. The van der Waals surface area contributed by atoms with Gasteiger partial charge in [-0.05, 0) is 17.2 Å². The van der Waals surface area contributed by atoms with Gasteiger partial charge in [-0.2, -0.15) is 0 Å². The maximum absolute atomic E-state index is 12.3. The van der Waals surface area contributed by atoms with E-state index in [1.54, 1.807) is 0 Å². The Hall–Kier alpha value is -1.67. The molecular weight excluding hydrogens is 212 g/mol. The van der Waals surface area contributed by atoms with Crippen LogP contribution in [0.15, 0.2) is 42.5 Å². The van der Waals surface area contributed by atoms with Crippen LogP contribution in [0.3, 0.4) is 0 Å². The Labute approximate surface area is 101 Å². The number of benzene rings is 2. The molecule has 2 aromatic rings. The molecule has 0 saturated heterocycles. The normalized spacial score (nSPS) is 12.6. The second-order valence-electron chi connectivity index (χ2n) is 4.18. The Morgan fingerprint density at radius 2 is 1.88 bits per heavy atom. The summed E-state index contributed by atoms with van der Waals surface area (Å²) < 4.78 is 0. The minimum absolute atomic E-state index is 0.0341. The van der Waals surface area contributed by atoms with Crippen molar-refractivity contribution >= 4 is 16.6 Å².